The van der Waals surface area contributed by atoms with Crippen molar-refractivity contribution >= 4 is 0 Å². The fraction of sp³-hybridized carbons (Fsp3) is 1.00. The molecule has 18 heavy (non-hydrogen) atoms. The van der Waals surface area contributed by atoms with Crippen LogP contribution in [-0.4, -0.2) is 35.7 Å². The van der Waals surface area contributed by atoms with Gasteiger partial charge in [-0.15, -0.1) is 0 Å². The van der Waals surface area contributed by atoms with Crippen LogP contribution in [0.1, 0.15) is 60.3 Å². The fourth-order valence-electron chi connectivity index (χ4n) is 3.10. The van der Waals surface area contributed by atoms with Gasteiger partial charge in [-0.2, -0.15) is 0 Å². The van der Waals surface area contributed by atoms with Gasteiger partial charge in [-0.05, 0) is 50.5 Å². The lowest BCUT2D eigenvalue weighted by Crippen LogP contribution is -2.45. The highest BCUT2D eigenvalue weighted by atomic mass is 16.3. The fourth-order valence-corrected chi connectivity index (χ4v) is 3.10. The van der Waals surface area contributed by atoms with E-state index in [0.717, 1.165) is 18.9 Å². The molecule has 2 heteroatoms. The van der Waals surface area contributed by atoms with Crippen LogP contribution in [-0.2, 0) is 0 Å². The van der Waals surface area contributed by atoms with Crippen LogP contribution in [0.2, 0.25) is 0 Å². The minimum Gasteiger partial charge on any atom is -0.393 e. The number of aliphatic hydroxyl groups is 1. The topological polar surface area (TPSA) is 23.5 Å². The van der Waals surface area contributed by atoms with Crippen LogP contribution >= 0.6 is 0 Å². The molecular formula is C16H33NO. The molecule has 0 aromatic heterocycles. The average molecular weight is 255 g/mol. The highest BCUT2D eigenvalue weighted by Gasteiger charge is 2.32. The maximum atomic E-state index is 10.2. The summed E-state index contributed by atoms with van der Waals surface area (Å²) in [6.45, 7) is 12.5. The Hall–Kier alpha value is -0.0800. The molecule has 4 unspecified atom stereocenters. The minimum atomic E-state index is -0.0811. The Bertz CT molecular complexity index is 246. The van der Waals surface area contributed by atoms with Crippen molar-refractivity contribution in [2.45, 2.75) is 72.4 Å². The summed E-state index contributed by atoms with van der Waals surface area (Å²) in [4.78, 5) is 2.44. The SMILES string of the molecule is CCC1CCC(O)C(CN(C)C(C)C(C)(C)C)C1. The zero-order chi connectivity index (χ0) is 13.9. The first kappa shape index (κ1) is 16.0. The van der Waals surface area contributed by atoms with Gasteiger partial charge in [-0.1, -0.05) is 34.1 Å². The van der Waals surface area contributed by atoms with Gasteiger partial charge in [0.1, 0.15) is 0 Å². The van der Waals surface area contributed by atoms with Gasteiger partial charge in [0.15, 0.2) is 0 Å². The third-order valence-electron chi connectivity index (χ3n) is 5.07. The maximum Gasteiger partial charge on any atom is 0.0580 e. The molecule has 108 valence electrons. The Labute approximate surface area is 114 Å². The van der Waals surface area contributed by atoms with Crippen molar-refractivity contribution < 1.29 is 5.11 Å². The summed E-state index contributed by atoms with van der Waals surface area (Å²) in [5.74, 6) is 1.30. The molecular weight excluding hydrogens is 222 g/mol. The standard InChI is InChI=1S/C16H33NO/c1-7-13-8-9-15(18)14(10-13)11-17(6)12(2)16(3,4)5/h12-15,18H,7-11H2,1-6H3. The zero-order valence-corrected chi connectivity index (χ0v) is 13.2. The van der Waals surface area contributed by atoms with E-state index in [-0.39, 0.29) is 6.10 Å². The first-order chi connectivity index (χ1) is 8.25. The van der Waals surface area contributed by atoms with E-state index in [4.69, 9.17) is 0 Å². The molecule has 0 aromatic rings. The molecule has 0 heterocycles. The highest BCUT2D eigenvalue weighted by molar-refractivity contribution is 4.84. The minimum absolute atomic E-state index is 0.0811. The number of nitrogens with zero attached hydrogens (tertiary/aromatic N) is 1. The summed E-state index contributed by atoms with van der Waals surface area (Å²) >= 11 is 0. The predicted octanol–water partition coefficient (Wildman–Crippen LogP) is 3.54. The third kappa shape index (κ3) is 4.24. The molecule has 0 spiro atoms. The van der Waals surface area contributed by atoms with Crippen LogP contribution in [0.3, 0.4) is 0 Å². The van der Waals surface area contributed by atoms with Crippen LogP contribution < -0.4 is 0 Å². The van der Waals surface area contributed by atoms with Crippen molar-refractivity contribution in [3.8, 4) is 0 Å². The van der Waals surface area contributed by atoms with Gasteiger partial charge in [0.2, 0.25) is 0 Å². The average Bonchev–Trinajstić information content (AvgIpc) is 2.29. The largest absolute Gasteiger partial charge is 0.393 e. The molecule has 0 bridgehead atoms. The molecule has 1 aliphatic carbocycles. The molecule has 1 N–H and O–H groups in total. The third-order valence-corrected chi connectivity index (χ3v) is 5.07. The van der Waals surface area contributed by atoms with E-state index < -0.39 is 0 Å². The van der Waals surface area contributed by atoms with Crippen LogP contribution in [0.4, 0.5) is 0 Å². The second-order valence-corrected chi connectivity index (χ2v) is 7.40. The summed E-state index contributed by atoms with van der Waals surface area (Å²) < 4.78 is 0. The Kier molecular flexibility index (Phi) is 5.67. The first-order valence-corrected chi connectivity index (χ1v) is 7.64. The summed E-state index contributed by atoms with van der Waals surface area (Å²) in [6.07, 6.45) is 4.61. The molecule has 0 aliphatic heterocycles. The molecule has 1 rings (SSSR count). The zero-order valence-electron chi connectivity index (χ0n) is 13.2. The van der Waals surface area contributed by atoms with Gasteiger partial charge >= 0.3 is 0 Å². The molecule has 0 amide bonds. The van der Waals surface area contributed by atoms with Crippen molar-refractivity contribution in [1.29, 1.82) is 0 Å². The predicted molar refractivity (Wildman–Crippen MR) is 78.7 cm³/mol. The van der Waals surface area contributed by atoms with E-state index >= 15 is 0 Å². The second kappa shape index (κ2) is 6.38. The smallest absolute Gasteiger partial charge is 0.0580 e. The number of hydrogen-bond donors (Lipinski definition) is 1. The van der Waals surface area contributed by atoms with Crippen LogP contribution in [0, 0.1) is 17.3 Å². The van der Waals surface area contributed by atoms with Crippen LogP contribution in [0.15, 0.2) is 0 Å². The summed E-state index contributed by atoms with van der Waals surface area (Å²) in [6, 6.07) is 0.548. The molecule has 0 saturated heterocycles. The summed E-state index contributed by atoms with van der Waals surface area (Å²) in [5.41, 5.74) is 0.304. The van der Waals surface area contributed by atoms with Crippen molar-refractivity contribution in [2.24, 2.45) is 17.3 Å². The lowest BCUT2D eigenvalue weighted by atomic mass is 9.77. The maximum absolute atomic E-state index is 10.2. The van der Waals surface area contributed by atoms with E-state index in [0.29, 0.717) is 17.4 Å². The summed E-state index contributed by atoms with van der Waals surface area (Å²) in [7, 11) is 2.21. The highest BCUT2D eigenvalue weighted by Crippen LogP contribution is 2.33. The number of aliphatic hydroxyl groups excluding tert-OH is 1. The van der Waals surface area contributed by atoms with Gasteiger partial charge < -0.3 is 10.0 Å². The Morgan fingerprint density at radius 3 is 2.39 bits per heavy atom. The normalized spacial score (nSPS) is 31.7. The molecule has 2 nitrogen and oxygen atoms in total. The van der Waals surface area contributed by atoms with E-state index in [9.17, 15) is 5.11 Å². The van der Waals surface area contributed by atoms with Crippen molar-refractivity contribution in [2.75, 3.05) is 13.6 Å². The van der Waals surface area contributed by atoms with Gasteiger partial charge in [0.25, 0.3) is 0 Å². The van der Waals surface area contributed by atoms with Crippen LogP contribution in [0.5, 0.6) is 0 Å². The molecule has 1 fully saturated rings. The van der Waals surface area contributed by atoms with Crippen molar-refractivity contribution in [3.63, 3.8) is 0 Å². The number of hydrogen-bond acceptors (Lipinski definition) is 2. The van der Waals surface area contributed by atoms with Gasteiger partial charge in [-0.3, -0.25) is 0 Å². The Morgan fingerprint density at radius 2 is 1.89 bits per heavy atom. The van der Waals surface area contributed by atoms with Gasteiger partial charge in [0, 0.05) is 12.6 Å². The van der Waals surface area contributed by atoms with Crippen LogP contribution in [0.25, 0.3) is 0 Å². The Morgan fingerprint density at radius 1 is 1.28 bits per heavy atom. The van der Waals surface area contributed by atoms with Crippen molar-refractivity contribution in [1.82, 2.24) is 4.90 Å². The van der Waals surface area contributed by atoms with E-state index in [2.05, 4.69) is 46.6 Å². The van der Waals surface area contributed by atoms with Gasteiger partial charge in [-0.25, -0.2) is 0 Å². The Balaban J connectivity index is 2.54. The first-order valence-electron chi connectivity index (χ1n) is 7.64. The molecule has 0 aromatic carbocycles. The monoisotopic (exact) mass is 255 g/mol. The molecule has 1 aliphatic rings. The lowest BCUT2D eigenvalue weighted by Gasteiger charge is -2.40. The van der Waals surface area contributed by atoms with E-state index in [1.807, 2.05) is 0 Å². The molecule has 4 atom stereocenters. The number of rotatable bonds is 4. The van der Waals surface area contributed by atoms with E-state index in [1.165, 1.54) is 19.3 Å². The second-order valence-electron chi connectivity index (χ2n) is 7.40. The molecule has 0 radical (unpaired) electrons. The lowest BCUT2D eigenvalue weighted by molar-refractivity contribution is 0.0146. The van der Waals surface area contributed by atoms with E-state index in [1.54, 1.807) is 0 Å². The quantitative estimate of drug-likeness (QED) is 0.830. The summed E-state index contributed by atoms with van der Waals surface area (Å²) in [5, 5.41) is 10.2. The van der Waals surface area contributed by atoms with Gasteiger partial charge in [0.05, 0.1) is 6.10 Å². The van der Waals surface area contributed by atoms with Crippen molar-refractivity contribution in [3.05, 3.63) is 0 Å². The molecule has 1 saturated carbocycles.